The zero-order valence-electron chi connectivity index (χ0n) is 10.2. The van der Waals surface area contributed by atoms with Crippen molar-refractivity contribution in [2.45, 2.75) is 31.4 Å². The molecule has 5 heteroatoms. The van der Waals surface area contributed by atoms with Gasteiger partial charge in [0.25, 0.3) is 0 Å². The molecule has 1 aliphatic heterocycles. The van der Waals surface area contributed by atoms with Crippen LogP contribution in [0.3, 0.4) is 0 Å². The van der Waals surface area contributed by atoms with Crippen LogP contribution in [0.15, 0.2) is 0 Å². The van der Waals surface area contributed by atoms with Crippen LogP contribution in [-0.2, 0) is 9.53 Å². The minimum atomic E-state index is -0.284. The van der Waals surface area contributed by atoms with Gasteiger partial charge < -0.3 is 20.7 Å². The third-order valence-electron chi connectivity index (χ3n) is 3.03. The van der Waals surface area contributed by atoms with Gasteiger partial charge in [-0.05, 0) is 39.9 Å². The lowest BCUT2D eigenvalue weighted by molar-refractivity contribution is -0.120. The fourth-order valence-corrected chi connectivity index (χ4v) is 2.01. The highest BCUT2D eigenvalue weighted by atomic mass is 16.5. The molecule has 1 saturated heterocycles. The molecule has 1 rings (SSSR count). The number of hydrogen-bond donors (Lipinski definition) is 2. The van der Waals surface area contributed by atoms with Crippen molar-refractivity contribution in [3.63, 3.8) is 0 Å². The lowest BCUT2D eigenvalue weighted by atomic mass is 10.2. The van der Waals surface area contributed by atoms with E-state index in [9.17, 15) is 4.79 Å². The molecule has 1 fully saturated rings. The van der Waals surface area contributed by atoms with E-state index in [0.717, 1.165) is 32.5 Å². The van der Waals surface area contributed by atoms with Crippen LogP contribution in [0, 0.1) is 0 Å². The molecule has 2 atom stereocenters. The molecule has 1 amide bonds. The summed E-state index contributed by atoms with van der Waals surface area (Å²) in [6.45, 7) is 2.68. The molecular formula is C11H23N3O2. The molecule has 5 nitrogen and oxygen atoms in total. The Bertz CT molecular complexity index is 217. The number of nitrogens with zero attached hydrogens (tertiary/aromatic N) is 1. The first-order valence-corrected chi connectivity index (χ1v) is 5.90. The third kappa shape index (κ3) is 4.47. The molecular weight excluding hydrogens is 206 g/mol. The van der Waals surface area contributed by atoms with E-state index in [-0.39, 0.29) is 11.9 Å². The van der Waals surface area contributed by atoms with E-state index in [1.54, 1.807) is 7.05 Å². The van der Waals surface area contributed by atoms with Gasteiger partial charge in [-0.15, -0.1) is 0 Å². The number of ether oxygens (including phenoxy) is 1. The Morgan fingerprint density at radius 1 is 1.69 bits per heavy atom. The van der Waals surface area contributed by atoms with Crippen LogP contribution in [0.5, 0.6) is 0 Å². The number of likely N-dealkylation sites (N-methyl/N-ethyl adjacent to an activating group) is 2. The SMILES string of the molecule is CNC(CCN(C)CC1CCCO1)C(N)=O. The summed E-state index contributed by atoms with van der Waals surface area (Å²) in [6, 6.07) is -0.230. The van der Waals surface area contributed by atoms with Gasteiger partial charge in [0.2, 0.25) is 5.91 Å². The molecule has 3 N–H and O–H groups in total. The largest absolute Gasteiger partial charge is 0.377 e. The van der Waals surface area contributed by atoms with Crippen molar-refractivity contribution >= 4 is 5.91 Å². The lowest BCUT2D eigenvalue weighted by Gasteiger charge is -2.22. The average molecular weight is 229 g/mol. The highest BCUT2D eigenvalue weighted by Crippen LogP contribution is 2.12. The van der Waals surface area contributed by atoms with E-state index < -0.39 is 0 Å². The number of hydrogen-bond acceptors (Lipinski definition) is 4. The smallest absolute Gasteiger partial charge is 0.234 e. The number of carbonyl (C=O) groups is 1. The van der Waals surface area contributed by atoms with Gasteiger partial charge in [-0.25, -0.2) is 0 Å². The lowest BCUT2D eigenvalue weighted by Crippen LogP contribution is -2.42. The number of carbonyl (C=O) groups excluding carboxylic acids is 1. The summed E-state index contributed by atoms with van der Waals surface area (Å²) in [7, 11) is 3.81. The Hall–Kier alpha value is -0.650. The zero-order chi connectivity index (χ0) is 12.0. The molecule has 1 aliphatic rings. The summed E-state index contributed by atoms with van der Waals surface area (Å²) in [4.78, 5) is 13.2. The molecule has 0 aromatic carbocycles. The number of nitrogens with two attached hydrogens (primary N) is 1. The minimum Gasteiger partial charge on any atom is -0.377 e. The minimum absolute atomic E-state index is 0.230. The molecule has 16 heavy (non-hydrogen) atoms. The van der Waals surface area contributed by atoms with Crippen LogP contribution in [-0.4, -0.2) is 56.7 Å². The first kappa shape index (κ1) is 13.4. The van der Waals surface area contributed by atoms with E-state index in [1.807, 2.05) is 0 Å². The first-order chi connectivity index (χ1) is 7.63. The van der Waals surface area contributed by atoms with Crippen molar-refractivity contribution in [3.8, 4) is 0 Å². The van der Waals surface area contributed by atoms with Gasteiger partial charge in [-0.2, -0.15) is 0 Å². The van der Waals surface area contributed by atoms with Gasteiger partial charge >= 0.3 is 0 Å². The molecule has 0 radical (unpaired) electrons. The fourth-order valence-electron chi connectivity index (χ4n) is 2.01. The summed E-state index contributed by atoms with van der Waals surface area (Å²) in [5.41, 5.74) is 5.25. The standard InChI is InChI=1S/C11H23N3O2/c1-13-10(11(12)15)5-6-14(2)8-9-4-3-7-16-9/h9-10,13H,3-8H2,1-2H3,(H2,12,15). The van der Waals surface area contributed by atoms with Crippen LogP contribution in [0.1, 0.15) is 19.3 Å². The molecule has 0 aromatic rings. The molecule has 0 saturated carbocycles. The molecule has 0 aromatic heterocycles. The monoisotopic (exact) mass is 229 g/mol. The van der Waals surface area contributed by atoms with E-state index in [0.29, 0.717) is 6.10 Å². The van der Waals surface area contributed by atoms with Crippen LogP contribution in [0.2, 0.25) is 0 Å². The maximum Gasteiger partial charge on any atom is 0.234 e. The summed E-state index contributed by atoms with van der Waals surface area (Å²) in [5.74, 6) is -0.284. The topological polar surface area (TPSA) is 67.6 Å². The summed E-state index contributed by atoms with van der Waals surface area (Å²) >= 11 is 0. The Kier molecular flexibility index (Phi) is 5.73. The first-order valence-electron chi connectivity index (χ1n) is 5.90. The molecule has 94 valence electrons. The predicted octanol–water partition coefficient (Wildman–Crippen LogP) is -0.439. The molecule has 0 aliphatic carbocycles. The second-order valence-corrected chi connectivity index (χ2v) is 4.43. The Morgan fingerprint density at radius 2 is 2.44 bits per heavy atom. The Morgan fingerprint density at radius 3 is 2.94 bits per heavy atom. The number of rotatable bonds is 7. The highest BCUT2D eigenvalue weighted by molar-refractivity contribution is 5.79. The zero-order valence-corrected chi connectivity index (χ0v) is 10.2. The predicted molar refractivity (Wildman–Crippen MR) is 63.1 cm³/mol. The van der Waals surface area contributed by atoms with Gasteiger partial charge in [0.05, 0.1) is 12.1 Å². The van der Waals surface area contributed by atoms with Crippen LogP contribution < -0.4 is 11.1 Å². The van der Waals surface area contributed by atoms with Gasteiger partial charge in [-0.1, -0.05) is 0 Å². The van der Waals surface area contributed by atoms with Crippen LogP contribution in [0.4, 0.5) is 0 Å². The number of amides is 1. The highest BCUT2D eigenvalue weighted by Gasteiger charge is 2.18. The van der Waals surface area contributed by atoms with Crippen molar-refractivity contribution in [1.82, 2.24) is 10.2 Å². The van der Waals surface area contributed by atoms with Crippen molar-refractivity contribution in [2.75, 3.05) is 33.8 Å². The maximum atomic E-state index is 11.0. The average Bonchev–Trinajstić information content (AvgIpc) is 2.70. The number of primary amides is 1. The van der Waals surface area contributed by atoms with E-state index in [2.05, 4.69) is 17.3 Å². The second-order valence-electron chi connectivity index (χ2n) is 4.43. The van der Waals surface area contributed by atoms with Crippen molar-refractivity contribution in [3.05, 3.63) is 0 Å². The summed E-state index contributed by atoms with van der Waals surface area (Å²) in [5, 5.41) is 2.92. The van der Waals surface area contributed by atoms with E-state index in [4.69, 9.17) is 10.5 Å². The van der Waals surface area contributed by atoms with Crippen molar-refractivity contribution in [2.24, 2.45) is 5.73 Å². The summed E-state index contributed by atoms with van der Waals surface area (Å²) < 4.78 is 5.56. The second kappa shape index (κ2) is 6.83. The van der Waals surface area contributed by atoms with Gasteiger partial charge in [0.1, 0.15) is 0 Å². The van der Waals surface area contributed by atoms with Crippen molar-refractivity contribution < 1.29 is 9.53 Å². The molecule has 0 bridgehead atoms. The van der Waals surface area contributed by atoms with E-state index >= 15 is 0 Å². The molecule has 1 heterocycles. The van der Waals surface area contributed by atoms with Gasteiger partial charge in [0.15, 0.2) is 0 Å². The third-order valence-corrected chi connectivity index (χ3v) is 3.03. The Labute approximate surface area is 97.3 Å². The van der Waals surface area contributed by atoms with Gasteiger partial charge in [-0.3, -0.25) is 4.79 Å². The Balaban J connectivity index is 2.17. The van der Waals surface area contributed by atoms with Crippen LogP contribution >= 0.6 is 0 Å². The van der Waals surface area contributed by atoms with E-state index in [1.165, 1.54) is 6.42 Å². The molecule has 2 unspecified atom stereocenters. The van der Waals surface area contributed by atoms with Gasteiger partial charge in [0, 0.05) is 13.2 Å². The maximum absolute atomic E-state index is 11.0. The number of nitrogens with one attached hydrogen (secondary N) is 1. The summed E-state index contributed by atoms with van der Waals surface area (Å²) in [6.07, 6.45) is 3.43. The molecule has 0 spiro atoms. The normalized spacial score (nSPS) is 22.6. The quantitative estimate of drug-likeness (QED) is 0.621. The van der Waals surface area contributed by atoms with Crippen molar-refractivity contribution in [1.29, 1.82) is 0 Å². The van der Waals surface area contributed by atoms with Crippen LogP contribution in [0.25, 0.3) is 0 Å². The fraction of sp³-hybridized carbons (Fsp3) is 0.909.